The van der Waals surface area contributed by atoms with Crippen LogP contribution in [-0.4, -0.2) is 4.57 Å². The standard InChI is InChI=1S/C28H17Br2N/c29-22-13-21(14-23(30)17-22)20-10-12-26-25-7-3-4-8-27(25)31(28(26)16-20)24-11-9-18-5-1-2-6-19(18)15-24/h1-17H. The summed E-state index contributed by atoms with van der Waals surface area (Å²) in [6.45, 7) is 0. The average Bonchev–Trinajstić information content (AvgIpc) is 3.12. The largest absolute Gasteiger partial charge is 0.309 e. The number of nitrogens with zero attached hydrogens (tertiary/aromatic N) is 1. The van der Waals surface area contributed by atoms with E-state index >= 15 is 0 Å². The van der Waals surface area contributed by atoms with Crippen molar-refractivity contribution in [2.24, 2.45) is 0 Å². The quantitative estimate of drug-likeness (QED) is 0.212. The number of para-hydroxylation sites is 1. The zero-order valence-electron chi connectivity index (χ0n) is 16.5. The summed E-state index contributed by atoms with van der Waals surface area (Å²) in [6.07, 6.45) is 0. The van der Waals surface area contributed by atoms with Crippen LogP contribution in [0, 0.1) is 0 Å². The van der Waals surface area contributed by atoms with Gasteiger partial charge in [0.1, 0.15) is 0 Å². The summed E-state index contributed by atoms with van der Waals surface area (Å²) in [6, 6.07) is 37.0. The number of rotatable bonds is 2. The van der Waals surface area contributed by atoms with E-state index in [1.165, 1.54) is 49.4 Å². The van der Waals surface area contributed by atoms with Gasteiger partial charge in [-0.05, 0) is 64.4 Å². The number of aromatic nitrogens is 1. The van der Waals surface area contributed by atoms with E-state index in [2.05, 4.69) is 140 Å². The van der Waals surface area contributed by atoms with Gasteiger partial charge in [-0.1, -0.05) is 92.5 Å². The first-order valence-corrected chi connectivity index (χ1v) is 11.7. The fourth-order valence-electron chi connectivity index (χ4n) is 4.46. The summed E-state index contributed by atoms with van der Waals surface area (Å²) in [5, 5.41) is 5.04. The van der Waals surface area contributed by atoms with Crippen LogP contribution in [0.25, 0.3) is 49.4 Å². The Kier molecular flexibility index (Phi) is 4.48. The summed E-state index contributed by atoms with van der Waals surface area (Å²) >= 11 is 7.25. The van der Waals surface area contributed by atoms with Crippen molar-refractivity contribution >= 4 is 64.4 Å². The minimum absolute atomic E-state index is 1.06. The minimum atomic E-state index is 1.06. The second-order valence-corrected chi connectivity index (χ2v) is 9.61. The summed E-state index contributed by atoms with van der Waals surface area (Å²) < 4.78 is 4.51. The predicted molar refractivity (Wildman–Crippen MR) is 139 cm³/mol. The molecule has 0 N–H and O–H groups in total. The lowest BCUT2D eigenvalue weighted by atomic mass is 10.0. The molecule has 3 heteroatoms. The van der Waals surface area contributed by atoms with Crippen LogP contribution in [-0.2, 0) is 0 Å². The fourth-order valence-corrected chi connectivity index (χ4v) is 5.76. The van der Waals surface area contributed by atoms with E-state index in [0.29, 0.717) is 0 Å². The number of hydrogen-bond acceptors (Lipinski definition) is 0. The zero-order valence-corrected chi connectivity index (χ0v) is 19.7. The van der Waals surface area contributed by atoms with Gasteiger partial charge in [0.2, 0.25) is 0 Å². The van der Waals surface area contributed by atoms with Crippen LogP contribution in [0.15, 0.2) is 112 Å². The maximum atomic E-state index is 3.63. The molecule has 0 atom stereocenters. The highest BCUT2D eigenvalue weighted by Crippen LogP contribution is 2.36. The van der Waals surface area contributed by atoms with Gasteiger partial charge in [-0.15, -0.1) is 0 Å². The SMILES string of the molecule is Brc1cc(Br)cc(-c2ccc3c4ccccc4n(-c4ccc5ccccc5c4)c3c2)c1. The second kappa shape index (κ2) is 7.37. The summed E-state index contributed by atoms with van der Waals surface area (Å²) in [7, 11) is 0. The molecular weight excluding hydrogens is 510 g/mol. The first kappa shape index (κ1) is 18.9. The van der Waals surface area contributed by atoms with Crippen LogP contribution in [0.5, 0.6) is 0 Å². The summed E-state index contributed by atoms with van der Waals surface area (Å²) in [5.74, 6) is 0. The smallest absolute Gasteiger partial charge is 0.0547 e. The van der Waals surface area contributed by atoms with Crippen LogP contribution in [0.1, 0.15) is 0 Å². The average molecular weight is 527 g/mol. The highest BCUT2D eigenvalue weighted by atomic mass is 79.9. The van der Waals surface area contributed by atoms with Crippen LogP contribution in [0.3, 0.4) is 0 Å². The summed E-state index contributed by atoms with van der Waals surface area (Å²) in [5.41, 5.74) is 5.99. The third kappa shape index (κ3) is 3.20. The first-order valence-electron chi connectivity index (χ1n) is 10.2. The van der Waals surface area contributed by atoms with Crippen molar-refractivity contribution in [3.8, 4) is 16.8 Å². The topological polar surface area (TPSA) is 4.93 Å². The number of fused-ring (bicyclic) bond motifs is 4. The molecule has 1 nitrogen and oxygen atoms in total. The van der Waals surface area contributed by atoms with Gasteiger partial charge in [0.05, 0.1) is 11.0 Å². The van der Waals surface area contributed by atoms with Crippen molar-refractivity contribution in [3.05, 3.63) is 112 Å². The van der Waals surface area contributed by atoms with Crippen molar-refractivity contribution in [2.75, 3.05) is 0 Å². The molecule has 1 heterocycles. The van der Waals surface area contributed by atoms with Crippen molar-refractivity contribution in [3.63, 3.8) is 0 Å². The van der Waals surface area contributed by atoms with Gasteiger partial charge >= 0.3 is 0 Å². The van der Waals surface area contributed by atoms with Gasteiger partial charge < -0.3 is 4.57 Å². The molecule has 0 bridgehead atoms. The lowest BCUT2D eigenvalue weighted by molar-refractivity contribution is 1.19. The number of halogens is 2. The van der Waals surface area contributed by atoms with E-state index in [1.54, 1.807) is 0 Å². The fraction of sp³-hybridized carbons (Fsp3) is 0. The van der Waals surface area contributed by atoms with Gasteiger partial charge in [-0.2, -0.15) is 0 Å². The number of benzene rings is 5. The Balaban J connectivity index is 1.67. The van der Waals surface area contributed by atoms with Crippen LogP contribution < -0.4 is 0 Å². The Morgan fingerprint density at radius 2 is 1.19 bits per heavy atom. The van der Waals surface area contributed by atoms with Crippen LogP contribution in [0.2, 0.25) is 0 Å². The lowest BCUT2D eigenvalue weighted by Crippen LogP contribution is -1.94. The molecule has 31 heavy (non-hydrogen) atoms. The van der Waals surface area contributed by atoms with Crippen molar-refractivity contribution < 1.29 is 0 Å². The molecule has 0 unspecified atom stereocenters. The third-order valence-electron chi connectivity index (χ3n) is 5.86. The highest BCUT2D eigenvalue weighted by molar-refractivity contribution is 9.11. The molecule has 6 aromatic rings. The van der Waals surface area contributed by atoms with E-state index < -0.39 is 0 Å². The summed E-state index contributed by atoms with van der Waals surface area (Å²) in [4.78, 5) is 0. The Morgan fingerprint density at radius 3 is 2.03 bits per heavy atom. The molecule has 0 saturated carbocycles. The monoisotopic (exact) mass is 525 g/mol. The van der Waals surface area contributed by atoms with E-state index in [0.717, 1.165) is 8.95 Å². The molecular formula is C28H17Br2N. The Labute approximate surface area is 197 Å². The maximum absolute atomic E-state index is 3.63. The van der Waals surface area contributed by atoms with Gasteiger partial charge in [-0.3, -0.25) is 0 Å². The van der Waals surface area contributed by atoms with Gasteiger partial charge in [0, 0.05) is 25.4 Å². The van der Waals surface area contributed by atoms with Crippen molar-refractivity contribution in [2.45, 2.75) is 0 Å². The minimum Gasteiger partial charge on any atom is -0.309 e. The number of hydrogen-bond donors (Lipinski definition) is 0. The third-order valence-corrected chi connectivity index (χ3v) is 6.78. The van der Waals surface area contributed by atoms with Gasteiger partial charge in [0.25, 0.3) is 0 Å². The molecule has 5 aromatic carbocycles. The van der Waals surface area contributed by atoms with E-state index in [-0.39, 0.29) is 0 Å². The molecule has 0 aliphatic heterocycles. The predicted octanol–water partition coefficient (Wildman–Crippen LogP) is 9.13. The van der Waals surface area contributed by atoms with E-state index in [9.17, 15) is 0 Å². The molecule has 0 aliphatic carbocycles. The van der Waals surface area contributed by atoms with Gasteiger partial charge in [-0.25, -0.2) is 0 Å². The molecule has 0 aliphatic rings. The molecule has 0 spiro atoms. The van der Waals surface area contributed by atoms with Crippen molar-refractivity contribution in [1.29, 1.82) is 0 Å². The second-order valence-electron chi connectivity index (χ2n) is 7.77. The Morgan fingerprint density at radius 1 is 0.484 bits per heavy atom. The van der Waals surface area contributed by atoms with E-state index in [4.69, 9.17) is 0 Å². The van der Waals surface area contributed by atoms with Crippen LogP contribution in [0.4, 0.5) is 0 Å². The molecule has 0 fully saturated rings. The first-order chi connectivity index (χ1) is 15.2. The Bertz CT molecular complexity index is 1590. The molecule has 0 saturated heterocycles. The van der Waals surface area contributed by atoms with Gasteiger partial charge in [0.15, 0.2) is 0 Å². The molecule has 1 aromatic heterocycles. The molecule has 6 rings (SSSR count). The normalized spacial score (nSPS) is 11.5. The molecule has 0 amide bonds. The van der Waals surface area contributed by atoms with Crippen LogP contribution >= 0.6 is 31.9 Å². The van der Waals surface area contributed by atoms with E-state index in [1.807, 2.05) is 0 Å². The maximum Gasteiger partial charge on any atom is 0.0547 e. The molecule has 148 valence electrons. The highest BCUT2D eigenvalue weighted by Gasteiger charge is 2.13. The zero-order chi connectivity index (χ0) is 20.9. The Hall–Kier alpha value is -2.88. The van der Waals surface area contributed by atoms with Crippen molar-refractivity contribution in [1.82, 2.24) is 4.57 Å². The molecule has 0 radical (unpaired) electrons. The lowest BCUT2D eigenvalue weighted by Gasteiger charge is -2.11.